The Morgan fingerprint density at radius 1 is 1.25 bits per heavy atom. The molecule has 1 saturated carbocycles. The molecular weight excluding hydrogens is 331 g/mol. The minimum Gasteiger partial charge on any atom is -0.381 e. The van der Waals surface area contributed by atoms with Crippen molar-refractivity contribution in [3.8, 4) is 0 Å². The summed E-state index contributed by atoms with van der Waals surface area (Å²) in [7, 11) is 0. The van der Waals surface area contributed by atoms with Crippen LogP contribution in [0.25, 0.3) is 0 Å². The van der Waals surface area contributed by atoms with Crippen LogP contribution in [0, 0.1) is 5.41 Å². The lowest BCUT2D eigenvalue weighted by Gasteiger charge is -2.40. The molecule has 0 aliphatic heterocycles. The molecule has 1 aliphatic rings. The summed E-state index contributed by atoms with van der Waals surface area (Å²) in [5.74, 6) is 0. The second kappa shape index (κ2) is 5.58. The van der Waals surface area contributed by atoms with Crippen molar-refractivity contribution in [2.45, 2.75) is 51.7 Å². The maximum atomic E-state index is 13.1. The van der Waals surface area contributed by atoms with Crippen molar-refractivity contribution in [3.05, 3.63) is 28.2 Å². The van der Waals surface area contributed by atoms with Crippen LogP contribution in [0.15, 0.2) is 22.7 Å². The zero-order valence-electron chi connectivity index (χ0n) is 11.6. The molecule has 2 rings (SSSR count). The molecule has 1 unspecified atom stereocenters. The van der Waals surface area contributed by atoms with Crippen LogP contribution in [0.4, 0.5) is 18.9 Å². The molecule has 1 N–H and O–H groups in total. The number of alkyl halides is 3. The average molecular weight is 350 g/mol. The highest BCUT2D eigenvalue weighted by atomic mass is 79.9. The highest BCUT2D eigenvalue weighted by Gasteiger charge is 2.37. The molecule has 1 fully saturated rings. The van der Waals surface area contributed by atoms with Gasteiger partial charge in [-0.05, 0) is 36.5 Å². The Labute approximate surface area is 126 Å². The van der Waals surface area contributed by atoms with Crippen molar-refractivity contribution in [3.63, 3.8) is 0 Å². The number of halogens is 4. The summed E-state index contributed by atoms with van der Waals surface area (Å²) >= 11 is 3.11. The second-order valence-electron chi connectivity index (χ2n) is 6.12. The first-order valence-electron chi connectivity index (χ1n) is 6.83. The Balaban J connectivity index is 2.29. The van der Waals surface area contributed by atoms with Gasteiger partial charge in [0.2, 0.25) is 0 Å². The Kier molecular flexibility index (Phi) is 4.38. The zero-order valence-corrected chi connectivity index (χ0v) is 13.2. The number of hydrogen-bond donors (Lipinski definition) is 1. The molecule has 0 amide bonds. The van der Waals surface area contributed by atoms with E-state index in [1.165, 1.54) is 6.07 Å². The summed E-state index contributed by atoms with van der Waals surface area (Å²) in [5.41, 5.74) is -0.400. The molecule has 0 spiro atoms. The minimum atomic E-state index is -4.34. The molecule has 0 heterocycles. The van der Waals surface area contributed by atoms with Crippen molar-refractivity contribution >= 4 is 21.6 Å². The minimum absolute atomic E-state index is 0.0220. The van der Waals surface area contributed by atoms with Gasteiger partial charge in [0, 0.05) is 16.2 Å². The van der Waals surface area contributed by atoms with Gasteiger partial charge in [0.25, 0.3) is 0 Å². The lowest BCUT2D eigenvalue weighted by molar-refractivity contribution is -0.137. The van der Waals surface area contributed by atoms with Crippen LogP contribution in [0.5, 0.6) is 0 Å². The summed E-state index contributed by atoms with van der Waals surface area (Å²) in [5, 5.41) is 3.13. The molecule has 0 aromatic heterocycles. The van der Waals surface area contributed by atoms with Gasteiger partial charge in [-0.25, -0.2) is 0 Å². The highest BCUT2D eigenvalue weighted by Crippen LogP contribution is 2.41. The van der Waals surface area contributed by atoms with Crippen LogP contribution >= 0.6 is 15.9 Å². The standard InChI is InChI=1S/C15H19BrF3N/c1-14(2)8-4-3-5-13(14)20-12-7-6-10(16)9-11(12)15(17,18)19/h6-7,9,13,20H,3-5,8H2,1-2H3. The maximum absolute atomic E-state index is 13.1. The smallest absolute Gasteiger partial charge is 0.381 e. The Hall–Kier alpha value is -0.710. The Morgan fingerprint density at radius 3 is 2.55 bits per heavy atom. The van der Waals surface area contributed by atoms with E-state index >= 15 is 0 Å². The van der Waals surface area contributed by atoms with Gasteiger partial charge in [0.15, 0.2) is 0 Å². The summed E-state index contributed by atoms with van der Waals surface area (Å²) in [4.78, 5) is 0. The summed E-state index contributed by atoms with van der Waals surface area (Å²) in [6.07, 6.45) is -0.162. The number of benzene rings is 1. The van der Waals surface area contributed by atoms with Gasteiger partial charge < -0.3 is 5.32 Å². The van der Waals surface area contributed by atoms with E-state index in [9.17, 15) is 13.2 Å². The number of rotatable bonds is 2. The van der Waals surface area contributed by atoms with Crippen LogP contribution in [-0.2, 0) is 6.18 Å². The predicted octanol–water partition coefficient (Wildman–Crippen LogP) is 5.85. The number of hydrogen-bond acceptors (Lipinski definition) is 1. The SMILES string of the molecule is CC1(C)CCCCC1Nc1ccc(Br)cc1C(F)(F)F. The average Bonchev–Trinajstić information content (AvgIpc) is 2.32. The summed E-state index contributed by atoms with van der Waals surface area (Å²) < 4.78 is 39.8. The van der Waals surface area contributed by atoms with Crippen LogP contribution < -0.4 is 5.32 Å². The van der Waals surface area contributed by atoms with Crippen LogP contribution in [0.2, 0.25) is 0 Å². The van der Waals surface area contributed by atoms with Gasteiger partial charge >= 0.3 is 6.18 Å². The fourth-order valence-corrected chi connectivity index (χ4v) is 3.19. The third-order valence-electron chi connectivity index (χ3n) is 4.12. The van der Waals surface area contributed by atoms with Gasteiger partial charge in [0.05, 0.1) is 5.56 Å². The molecule has 1 aliphatic carbocycles. The van der Waals surface area contributed by atoms with E-state index in [2.05, 4.69) is 35.1 Å². The van der Waals surface area contributed by atoms with Crippen LogP contribution in [0.3, 0.4) is 0 Å². The third kappa shape index (κ3) is 3.48. The lowest BCUT2D eigenvalue weighted by atomic mass is 9.73. The molecule has 1 aromatic carbocycles. The van der Waals surface area contributed by atoms with E-state index in [1.807, 2.05) is 0 Å². The molecule has 1 atom stereocenters. The van der Waals surface area contributed by atoms with Crippen LogP contribution in [-0.4, -0.2) is 6.04 Å². The lowest BCUT2D eigenvalue weighted by Crippen LogP contribution is -2.39. The van der Waals surface area contributed by atoms with Gasteiger partial charge in [-0.15, -0.1) is 0 Å². The molecule has 0 bridgehead atoms. The molecule has 5 heteroatoms. The van der Waals surface area contributed by atoms with E-state index in [0.717, 1.165) is 31.7 Å². The van der Waals surface area contributed by atoms with E-state index in [1.54, 1.807) is 6.07 Å². The molecule has 0 radical (unpaired) electrons. The second-order valence-corrected chi connectivity index (χ2v) is 7.03. The van der Waals surface area contributed by atoms with Crippen molar-refractivity contribution in [1.82, 2.24) is 0 Å². The van der Waals surface area contributed by atoms with E-state index in [-0.39, 0.29) is 17.1 Å². The van der Waals surface area contributed by atoms with E-state index < -0.39 is 11.7 Å². The topological polar surface area (TPSA) is 12.0 Å². The molecule has 112 valence electrons. The van der Waals surface area contributed by atoms with E-state index in [0.29, 0.717) is 4.47 Å². The monoisotopic (exact) mass is 349 g/mol. The fourth-order valence-electron chi connectivity index (χ4n) is 2.83. The maximum Gasteiger partial charge on any atom is 0.418 e. The normalized spacial score (nSPS) is 22.6. The number of anilines is 1. The van der Waals surface area contributed by atoms with Crippen molar-refractivity contribution < 1.29 is 13.2 Å². The van der Waals surface area contributed by atoms with Gasteiger partial charge in [-0.1, -0.05) is 42.6 Å². The fraction of sp³-hybridized carbons (Fsp3) is 0.600. The third-order valence-corrected chi connectivity index (χ3v) is 4.62. The van der Waals surface area contributed by atoms with Gasteiger partial charge in [-0.3, -0.25) is 0 Å². The number of nitrogens with one attached hydrogen (secondary N) is 1. The highest BCUT2D eigenvalue weighted by molar-refractivity contribution is 9.10. The molecule has 0 saturated heterocycles. The first kappa shape index (κ1) is 15.7. The zero-order chi connectivity index (χ0) is 15.0. The summed E-state index contributed by atoms with van der Waals surface area (Å²) in [6.45, 7) is 4.24. The van der Waals surface area contributed by atoms with E-state index in [4.69, 9.17) is 0 Å². The predicted molar refractivity (Wildman–Crippen MR) is 78.8 cm³/mol. The summed E-state index contributed by atoms with van der Waals surface area (Å²) in [6, 6.07) is 4.38. The first-order valence-corrected chi connectivity index (χ1v) is 7.63. The van der Waals surface area contributed by atoms with Crippen molar-refractivity contribution in [1.29, 1.82) is 0 Å². The quantitative estimate of drug-likeness (QED) is 0.706. The van der Waals surface area contributed by atoms with Crippen molar-refractivity contribution in [2.24, 2.45) is 5.41 Å². The van der Waals surface area contributed by atoms with Gasteiger partial charge in [0.1, 0.15) is 0 Å². The molecule has 20 heavy (non-hydrogen) atoms. The molecule has 1 aromatic rings. The Bertz CT molecular complexity index is 482. The largest absolute Gasteiger partial charge is 0.418 e. The van der Waals surface area contributed by atoms with Crippen molar-refractivity contribution in [2.75, 3.05) is 5.32 Å². The molecule has 1 nitrogen and oxygen atoms in total. The van der Waals surface area contributed by atoms with Crippen LogP contribution in [0.1, 0.15) is 45.1 Å². The Morgan fingerprint density at radius 2 is 1.95 bits per heavy atom. The molecular formula is C15H19BrF3N. The first-order chi connectivity index (χ1) is 9.20. The van der Waals surface area contributed by atoms with Gasteiger partial charge in [-0.2, -0.15) is 13.2 Å².